The third kappa shape index (κ3) is 4.72. The number of carbonyl (C=O) groups excluding carboxylic acids is 2. The molecule has 0 aliphatic carbocycles. The SMILES string of the molecule is CC1CCN(C(=O)c2cccc(C(=O)NCCc3ccccc3)c2)CC1. The van der Waals surface area contributed by atoms with Gasteiger partial charge in [-0.1, -0.05) is 43.3 Å². The standard InChI is InChI=1S/C22H26N2O2/c1-17-11-14-24(15-12-17)22(26)20-9-5-8-19(16-20)21(25)23-13-10-18-6-3-2-4-7-18/h2-9,16-17H,10-15H2,1H3,(H,23,25). The Labute approximate surface area is 155 Å². The monoisotopic (exact) mass is 350 g/mol. The molecule has 2 aromatic rings. The molecule has 1 heterocycles. The molecule has 4 nitrogen and oxygen atoms in total. The van der Waals surface area contributed by atoms with Gasteiger partial charge in [-0.2, -0.15) is 0 Å². The molecule has 1 N–H and O–H groups in total. The highest BCUT2D eigenvalue weighted by Gasteiger charge is 2.21. The number of nitrogens with one attached hydrogen (secondary N) is 1. The lowest BCUT2D eigenvalue weighted by atomic mass is 9.98. The van der Waals surface area contributed by atoms with Gasteiger partial charge in [0, 0.05) is 30.8 Å². The van der Waals surface area contributed by atoms with Crippen LogP contribution in [0.25, 0.3) is 0 Å². The van der Waals surface area contributed by atoms with Crippen molar-refractivity contribution < 1.29 is 9.59 Å². The normalized spacial score (nSPS) is 14.9. The summed E-state index contributed by atoms with van der Waals surface area (Å²) < 4.78 is 0. The van der Waals surface area contributed by atoms with E-state index in [2.05, 4.69) is 12.2 Å². The van der Waals surface area contributed by atoms with Crippen molar-refractivity contribution in [2.45, 2.75) is 26.2 Å². The molecule has 0 aromatic heterocycles. The first-order chi connectivity index (χ1) is 12.6. The van der Waals surface area contributed by atoms with Crippen molar-refractivity contribution in [3.8, 4) is 0 Å². The molecule has 0 saturated carbocycles. The van der Waals surface area contributed by atoms with Gasteiger partial charge in [-0.15, -0.1) is 0 Å². The highest BCUT2D eigenvalue weighted by Crippen LogP contribution is 2.18. The summed E-state index contributed by atoms with van der Waals surface area (Å²) in [5.74, 6) is 0.569. The molecule has 1 saturated heterocycles. The van der Waals surface area contributed by atoms with E-state index in [-0.39, 0.29) is 11.8 Å². The van der Waals surface area contributed by atoms with E-state index in [0.29, 0.717) is 23.6 Å². The molecule has 1 fully saturated rings. The maximum Gasteiger partial charge on any atom is 0.253 e. The molecule has 1 aliphatic rings. The highest BCUT2D eigenvalue weighted by molar-refractivity contribution is 5.99. The number of hydrogen-bond donors (Lipinski definition) is 1. The van der Waals surface area contributed by atoms with Gasteiger partial charge < -0.3 is 10.2 Å². The van der Waals surface area contributed by atoms with Gasteiger partial charge in [-0.3, -0.25) is 9.59 Å². The maximum atomic E-state index is 12.7. The Morgan fingerprint density at radius 2 is 1.69 bits per heavy atom. The van der Waals surface area contributed by atoms with Gasteiger partial charge in [0.25, 0.3) is 11.8 Å². The minimum Gasteiger partial charge on any atom is -0.352 e. The number of benzene rings is 2. The molecule has 0 atom stereocenters. The Balaban J connectivity index is 1.57. The predicted octanol–water partition coefficient (Wildman–Crippen LogP) is 3.53. The Morgan fingerprint density at radius 3 is 2.42 bits per heavy atom. The summed E-state index contributed by atoms with van der Waals surface area (Å²) in [6, 6.07) is 17.1. The molecule has 136 valence electrons. The molecule has 1 aliphatic heterocycles. The highest BCUT2D eigenvalue weighted by atomic mass is 16.2. The van der Waals surface area contributed by atoms with E-state index in [4.69, 9.17) is 0 Å². The van der Waals surface area contributed by atoms with E-state index < -0.39 is 0 Å². The van der Waals surface area contributed by atoms with Crippen LogP contribution in [0.4, 0.5) is 0 Å². The first-order valence-corrected chi connectivity index (χ1v) is 9.35. The van der Waals surface area contributed by atoms with Crippen LogP contribution in [-0.2, 0) is 6.42 Å². The fraction of sp³-hybridized carbons (Fsp3) is 0.364. The Morgan fingerprint density at radius 1 is 1.00 bits per heavy atom. The molecule has 3 rings (SSSR count). The van der Waals surface area contributed by atoms with E-state index in [1.807, 2.05) is 35.2 Å². The number of rotatable bonds is 5. The third-order valence-electron chi connectivity index (χ3n) is 4.98. The molecule has 2 aromatic carbocycles. The Bertz CT molecular complexity index is 750. The van der Waals surface area contributed by atoms with Crippen molar-refractivity contribution in [1.82, 2.24) is 10.2 Å². The number of nitrogens with zero attached hydrogens (tertiary/aromatic N) is 1. The zero-order chi connectivity index (χ0) is 18.4. The van der Waals surface area contributed by atoms with E-state index in [0.717, 1.165) is 32.4 Å². The van der Waals surface area contributed by atoms with Crippen molar-refractivity contribution in [2.24, 2.45) is 5.92 Å². The van der Waals surface area contributed by atoms with E-state index in [1.165, 1.54) is 5.56 Å². The van der Waals surface area contributed by atoms with Gasteiger partial charge in [-0.05, 0) is 48.9 Å². The van der Waals surface area contributed by atoms with Crippen molar-refractivity contribution >= 4 is 11.8 Å². The fourth-order valence-electron chi connectivity index (χ4n) is 3.25. The lowest BCUT2D eigenvalue weighted by Gasteiger charge is -2.30. The first-order valence-electron chi connectivity index (χ1n) is 9.35. The summed E-state index contributed by atoms with van der Waals surface area (Å²) in [4.78, 5) is 27.0. The number of carbonyl (C=O) groups is 2. The van der Waals surface area contributed by atoms with E-state index >= 15 is 0 Å². The molecular formula is C22H26N2O2. The quantitative estimate of drug-likeness (QED) is 0.897. The summed E-state index contributed by atoms with van der Waals surface area (Å²) in [7, 11) is 0. The summed E-state index contributed by atoms with van der Waals surface area (Å²) in [5, 5.41) is 2.94. The second-order valence-corrected chi connectivity index (χ2v) is 7.05. The summed E-state index contributed by atoms with van der Waals surface area (Å²) >= 11 is 0. The third-order valence-corrected chi connectivity index (χ3v) is 4.98. The molecule has 26 heavy (non-hydrogen) atoms. The summed E-state index contributed by atoms with van der Waals surface area (Å²) in [5.41, 5.74) is 2.32. The van der Waals surface area contributed by atoms with Crippen molar-refractivity contribution in [2.75, 3.05) is 19.6 Å². The largest absolute Gasteiger partial charge is 0.352 e. The molecule has 0 spiro atoms. The smallest absolute Gasteiger partial charge is 0.253 e. The van der Waals surface area contributed by atoms with Crippen LogP contribution in [0.2, 0.25) is 0 Å². The summed E-state index contributed by atoms with van der Waals surface area (Å²) in [6.45, 7) is 4.40. The van der Waals surface area contributed by atoms with Crippen molar-refractivity contribution in [1.29, 1.82) is 0 Å². The molecular weight excluding hydrogens is 324 g/mol. The van der Waals surface area contributed by atoms with Crippen LogP contribution in [0.1, 0.15) is 46.0 Å². The molecule has 0 bridgehead atoms. The average molecular weight is 350 g/mol. The van der Waals surface area contributed by atoms with Crippen molar-refractivity contribution in [3.05, 3.63) is 71.3 Å². The number of hydrogen-bond acceptors (Lipinski definition) is 2. The molecule has 0 unspecified atom stereocenters. The van der Waals surface area contributed by atoms with E-state index in [9.17, 15) is 9.59 Å². The van der Waals surface area contributed by atoms with Gasteiger partial charge in [0.1, 0.15) is 0 Å². The fourth-order valence-corrected chi connectivity index (χ4v) is 3.25. The minimum atomic E-state index is -0.136. The van der Waals surface area contributed by atoms with Gasteiger partial charge in [0.2, 0.25) is 0 Å². The van der Waals surface area contributed by atoms with Crippen LogP contribution < -0.4 is 5.32 Å². The first kappa shape index (κ1) is 18.2. The average Bonchev–Trinajstić information content (AvgIpc) is 2.69. The maximum absolute atomic E-state index is 12.7. The lowest BCUT2D eigenvalue weighted by molar-refractivity contribution is 0.0697. The van der Waals surface area contributed by atoms with Crippen molar-refractivity contribution in [3.63, 3.8) is 0 Å². The molecule has 0 radical (unpaired) electrons. The zero-order valence-corrected chi connectivity index (χ0v) is 15.3. The van der Waals surface area contributed by atoms with Crippen LogP contribution in [0, 0.1) is 5.92 Å². The zero-order valence-electron chi connectivity index (χ0n) is 15.3. The Hall–Kier alpha value is -2.62. The van der Waals surface area contributed by atoms with Crippen LogP contribution in [0.5, 0.6) is 0 Å². The molecule has 2 amide bonds. The van der Waals surface area contributed by atoms with Gasteiger partial charge in [0.05, 0.1) is 0 Å². The van der Waals surface area contributed by atoms with E-state index in [1.54, 1.807) is 24.3 Å². The van der Waals surface area contributed by atoms with Crippen LogP contribution in [0.3, 0.4) is 0 Å². The topological polar surface area (TPSA) is 49.4 Å². The van der Waals surface area contributed by atoms with Gasteiger partial charge in [-0.25, -0.2) is 0 Å². The Kier molecular flexibility index (Phi) is 6.05. The van der Waals surface area contributed by atoms with Gasteiger partial charge >= 0.3 is 0 Å². The number of piperidine rings is 1. The van der Waals surface area contributed by atoms with Crippen LogP contribution in [-0.4, -0.2) is 36.3 Å². The van der Waals surface area contributed by atoms with Crippen LogP contribution in [0.15, 0.2) is 54.6 Å². The lowest BCUT2D eigenvalue weighted by Crippen LogP contribution is -2.38. The number of amides is 2. The predicted molar refractivity (Wildman–Crippen MR) is 103 cm³/mol. The number of likely N-dealkylation sites (tertiary alicyclic amines) is 1. The van der Waals surface area contributed by atoms with Gasteiger partial charge in [0.15, 0.2) is 0 Å². The summed E-state index contributed by atoms with van der Waals surface area (Å²) in [6.07, 6.45) is 2.88. The molecule has 4 heteroatoms. The second-order valence-electron chi connectivity index (χ2n) is 7.05. The minimum absolute atomic E-state index is 0.0239. The second kappa shape index (κ2) is 8.65. The van der Waals surface area contributed by atoms with Crippen LogP contribution >= 0.6 is 0 Å².